The van der Waals surface area contributed by atoms with Gasteiger partial charge in [-0.15, -0.1) is 0 Å². The van der Waals surface area contributed by atoms with Gasteiger partial charge in [0.25, 0.3) is 0 Å². The van der Waals surface area contributed by atoms with Gasteiger partial charge in [0.05, 0.1) is 59.5 Å². The SMILES string of the molecule is CCCCCCCCC(=O)OCCOCCOCCOCCOCCOCCCNC(=O)OCC1c2ccccc2-c2ccccc21. The minimum absolute atomic E-state index is 0.0519. The average molecular weight is 658 g/mol. The van der Waals surface area contributed by atoms with E-state index in [2.05, 4.69) is 36.5 Å². The van der Waals surface area contributed by atoms with Crippen LogP contribution in [0.2, 0.25) is 0 Å². The van der Waals surface area contributed by atoms with Gasteiger partial charge in [0.2, 0.25) is 0 Å². The lowest BCUT2D eigenvalue weighted by Crippen LogP contribution is -2.27. The summed E-state index contributed by atoms with van der Waals surface area (Å²) in [6.45, 7) is 7.94. The summed E-state index contributed by atoms with van der Waals surface area (Å²) in [5, 5.41) is 2.80. The first-order valence-corrected chi connectivity index (χ1v) is 17.3. The molecule has 2 aromatic rings. The maximum atomic E-state index is 12.2. The number of fused-ring (bicyclic) bond motifs is 3. The van der Waals surface area contributed by atoms with E-state index >= 15 is 0 Å². The number of hydrogen-bond donors (Lipinski definition) is 1. The molecule has 47 heavy (non-hydrogen) atoms. The maximum Gasteiger partial charge on any atom is 0.407 e. The monoisotopic (exact) mass is 657 g/mol. The van der Waals surface area contributed by atoms with Crippen molar-refractivity contribution < 1.29 is 42.7 Å². The molecule has 2 aromatic carbocycles. The van der Waals surface area contributed by atoms with Crippen molar-refractivity contribution in [1.29, 1.82) is 0 Å². The van der Waals surface area contributed by atoms with Crippen LogP contribution in [0, 0.1) is 0 Å². The van der Waals surface area contributed by atoms with Crippen molar-refractivity contribution in [2.24, 2.45) is 0 Å². The fourth-order valence-electron chi connectivity index (χ4n) is 5.33. The summed E-state index contributed by atoms with van der Waals surface area (Å²) in [5.41, 5.74) is 4.81. The molecule has 0 atom stereocenters. The van der Waals surface area contributed by atoms with E-state index in [4.69, 9.17) is 33.2 Å². The summed E-state index contributed by atoms with van der Waals surface area (Å²) < 4.78 is 38.2. The summed E-state index contributed by atoms with van der Waals surface area (Å²) in [4.78, 5) is 23.9. The minimum atomic E-state index is -0.414. The van der Waals surface area contributed by atoms with Crippen LogP contribution in [-0.2, 0) is 38.0 Å². The van der Waals surface area contributed by atoms with Crippen molar-refractivity contribution >= 4 is 12.1 Å². The van der Waals surface area contributed by atoms with E-state index in [0.717, 1.165) is 12.8 Å². The molecule has 1 aliphatic rings. The number of benzene rings is 2. The van der Waals surface area contributed by atoms with Crippen molar-refractivity contribution in [3.63, 3.8) is 0 Å². The Bertz CT molecular complexity index is 1080. The highest BCUT2D eigenvalue weighted by Crippen LogP contribution is 2.44. The number of esters is 1. The highest BCUT2D eigenvalue weighted by atomic mass is 16.6. The van der Waals surface area contributed by atoms with Gasteiger partial charge < -0.3 is 38.5 Å². The average Bonchev–Trinajstić information content (AvgIpc) is 3.41. The molecule has 0 radical (unpaired) electrons. The van der Waals surface area contributed by atoms with Gasteiger partial charge >= 0.3 is 12.1 Å². The van der Waals surface area contributed by atoms with Crippen LogP contribution in [-0.4, -0.2) is 97.9 Å². The first kappa shape index (κ1) is 38.4. The largest absolute Gasteiger partial charge is 0.463 e. The number of alkyl carbamates (subject to hydrolysis) is 1. The van der Waals surface area contributed by atoms with Crippen LogP contribution < -0.4 is 5.32 Å². The Morgan fingerprint density at radius 3 is 1.64 bits per heavy atom. The molecule has 0 spiro atoms. The summed E-state index contributed by atoms with van der Waals surface area (Å²) in [5.74, 6) is -0.0946. The standard InChI is InChI=1S/C37H55NO9/c1-2-3-4-5-6-7-17-36(39)46-29-28-45-27-26-44-25-24-43-23-22-42-21-20-41-19-12-18-38-37(40)47-30-35-33-15-10-8-13-31(33)32-14-9-11-16-34(32)35/h8-11,13-16,35H,2-7,12,17-30H2,1H3,(H,38,40). The van der Waals surface area contributed by atoms with Crippen LogP contribution >= 0.6 is 0 Å². The molecule has 0 fully saturated rings. The first-order valence-electron chi connectivity index (χ1n) is 17.3. The molecule has 1 aliphatic carbocycles. The molecule has 0 saturated heterocycles. The normalized spacial score (nSPS) is 12.1. The Balaban J connectivity index is 1.01. The van der Waals surface area contributed by atoms with E-state index in [1.807, 2.05) is 24.3 Å². The molecule has 1 amide bonds. The zero-order valence-electron chi connectivity index (χ0n) is 28.2. The minimum Gasteiger partial charge on any atom is -0.463 e. The number of carbonyl (C=O) groups excluding carboxylic acids is 2. The second kappa shape index (κ2) is 25.1. The zero-order valence-corrected chi connectivity index (χ0v) is 28.2. The van der Waals surface area contributed by atoms with Crippen molar-refractivity contribution in [3.05, 3.63) is 59.7 Å². The van der Waals surface area contributed by atoms with Crippen LogP contribution in [0.15, 0.2) is 48.5 Å². The summed E-state index contributed by atoms with van der Waals surface area (Å²) in [7, 11) is 0. The lowest BCUT2D eigenvalue weighted by Gasteiger charge is -2.14. The van der Waals surface area contributed by atoms with Crippen LogP contribution in [0.1, 0.15) is 75.3 Å². The van der Waals surface area contributed by atoms with E-state index in [-0.39, 0.29) is 18.5 Å². The highest BCUT2D eigenvalue weighted by molar-refractivity contribution is 5.79. The Hall–Kier alpha value is -3.02. The number of nitrogens with one attached hydrogen (secondary N) is 1. The highest BCUT2D eigenvalue weighted by Gasteiger charge is 2.28. The van der Waals surface area contributed by atoms with Crippen molar-refractivity contribution in [2.45, 2.75) is 64.2 Å². The molecule has 0 saturated carbocycles. The van der Waals surface area contributed by atoms with E-state index in [9.17, 15) is 9.59 Å². The van der Waals surface area contributed by atoms with Gasteiger partial charge in [-0.3, -0.25) is 4.79 Å². The van der Waals surface area contributed by atoms with Crippen LogP contribution in [0.3, 0.4) is 0 Å². The molecule has 262 valence electrons. The van der Waals surface area contributed by atoms with Gasteiger partial charge in [0, 0.05) is 25.5 Å². The Morgan fingerprint density at radius 1 is 0.574 bits per heavy atom. The number of carbonyl (C=O) groups is 2. The lowest BCUT2D eigenvalue weighted by molar-refractivity contribution is -0.145. The maximum absolute atomic E-state index is 12.2. The molecule has 0 unspecified atom stereocenters. The number of hydrogen-bond acceptors (Lipinski definition) is 9. The van der Waals surface area contributed by atoms with Crippen molar-refractivity contribution in [2.75, 3.05) is 85.8 Å². The van der Waals surface area contributed by atoms with Crippen LogP contribution in [0.4, 0.5) is 4.79 Å². The summed E-state index contributed by atoms with van der Waals surface area (Å²) in [6, 6.07) is 16.6. The molecule has 0 aliphatic heterocycles. The third-order valence-corrected chi connectivity index (χ3v) is 7.79. The summed E-state index contributed by atoms with van der Waals surface area (Å²) >= 11 is 0. The molecular formula is C37H55NO9. The number of amides is 1. The quantitative estimate of drug-likeness (QED) is 0.0834. The van der Waals surface area contributed by atoms with Gasteiger partial charge in [0.15, 0.2) is 0 Å². The predicted octanol–water partition coefficient (Wildman–Crippen LogP) is 6.29. The number of ether oxygens (including phenoxy) is 7. The third kappa shape index (κ3) is 16.1. The van der Waals surface area contributed by atoms with Crippen molar-refractivity contribution in [3.8, 4) is 11.1 Å². The zero-order chi connectivity index (χ0) is 33.2. The van der Waals surface area contributed by atoms with Gasteiger partial charge in [-0.2, -0.15) is 0 Å². The fourth-order valence-corrected chi connectivity index (χ4v) is 5.33. The van der Waals surface area contributed by atoms with Gasteiger partial charge in [-0.25, -0.2) is 4.79 Å². The van der Waals surface area contributed by atoms with Crippen molar-refractivity contribution in [1.82, 2.24) is 5.32 Å². The number of unbranched alkanes of at least 4 members (excludes halogenated alkanes) is 5. The molecule has 0 heterocycles. The van der Waals surface area contributed by atoms with Gasteiger partial charge in [-0.1, -0.05) is 87.6 Å². The lowest BCUT2D eigenvalue weighted by atomic mass is 9.98. The predicted molar refractivity (Wildman–Crippen MR) is 181 cm³/mol. The van der Waals surface area contributed by atoms with E-state index in [0.29, 0.717) is 92.1 Å². The molecule has 10 nitrogen and oxygen atoms in total. The Labute approximate surface area is 280 Å². The number of rotatable bonds is 28. The van der Waals surface area contributed by atoms with Gasteiger partial charge in [0.1, 0.15) is 13.2 Å². The Kier molecular flexibility index (Phi) is 20.5. The van der Waals surface area contributed by atoms with E-state index in [1.54, 1.807) is 0 Å². The molecule has 1 N–H and O–H groups in total. The van der Waals surface area contributed by atoms with Crippen LogP contribution in [0.5, 0.6) is 0 Å². The smallest absolute Gasteiger partial charge is 0.407 e. The molecular weight excluding hydrogens is 602 g/mol. The molecule has 0 aromatic heterocycles. The molecule has 3 rings (SSSR count). The van der Waals surface area contributed by atoms with Gasteiger partial charge in [-0.05, 0) is 35.1 Å². The topological polar surface area (TPSA) is 111 Å². The summed E-state index contributed by atoms with van der Waals surface area (Å²) in [6.07, 6.45) is 7.68. The van der Waals surface area contributed by atoms with E-state index in [1.165, 1.54) is 47.9 Å². The first-order chi connectivity index (χ1) is 23.2. The third-order valence-electron chi connectivity index (χ3n) is 7.79. The molecule has 0 bridgehead atoms. The Morgan fingerprint density at radius 2 is 1.06 bits per heavy atom. The van der Waals surface area contributed by atoms with Crippen LogP contribution in [0.25, 0.3) is 11.1 Å². The second-order valence-corrected chi connectivity index (χ2v) is 11.4. The fraction of sp³-hybridized carbons (Fsp3) is 0.622. The van der Waals surface area contributed by atoms with E-state index < -0.39 is 6.09 Å². The second-order valence-electron chi connectivity index (χ2n) is 11.4. The molecule has 10 heteroatoms.